The van der Waals surface area contributed by atoms with Gasteiger partial charge in [-0.05, 0) is 60.9 Å². The van der Waals surface area contributed by atoms with Crippen molar-refractivity contribution in [1.82, 2.24) is 4.31 Å². The van der Waals surface area contributed by atoms with Gasteiger partial charge in [0.25, 0.3) is 5.91 Å². The van der Waals surface area contributed by atoms with Crippen LogP contribution in [0.25, 0.3) is 0 Å². The molecule has 0 radical (unpaired) electrons. The van der Waals surface area contributed by atoms with Gasteiger partial charge in [-0.15, -0.1) is 0 Å². The van der Waals surface area contributed by atoms with E-state index in [9.17, 15) is 13.2 Å². The van der Waals surface area contributed by atoms with E-state index in [1.54, 1.807) is 7.05 Å². The maximum Gasteiger partial charge on any atom is 0.255 e. The summed E-state index contributed by atoms with van der Waals surface area (Å²) in [7, 11) is -2.10. The average molecular weight is 409 g/mol. The van der Waals surface area contributed by atoms with Crippen LogP contribution in [0, 0.1) is 13.8 Å². The van der Waals surface area contributed by atoms with Crippen LogP contribution in [0.1, 0.15) is 27.0 Å². The van der Waals surface area contributed by atoms with Crippen molar-refractivity contribution < 1.29 is 13.2 Å². The van der Waals surface area contributed by atoms with Gasteiger partial charge in [0.1, 0.15) is 0 Å². The first-order chi connectivity index (χ1) is 13.8. The lowest BCUT2D eigenvalue weighted by molar-refractivity contribution is 0.102. The zero-order valence-electron chi connectivity index (χ0n) is 16.7. The number of nitrogens with one attached hydrogen (secondary N) is 1. The van der Waals surface area contributed by atoms with E-state index >= 15 is 0 Å². The summed E-state index contributed by atoms with van der Waals surface area (Å²) in [5.74, 6) is -0.278. The predicted octanol–water partition coefficient (Wildman–Crippen LogP) is 4.38. The second kappa shape index (κ2) is 8.59. The molecular formula is C23H24N2O3S. The van der Waals surface area contributed by atoms with Crippen molar-refractivity contribution in [3.63, 3.8) is 0 Å². The number of sulfonamides is 1. The van der Waals surface area contributed by atoms with E-state index in [1.807, 2.05) is 62.4 Å². The van der Waals surface area contributed by atoms with Gasteiger partial charge in [-0.25, -0.2) is 8.42 Å². The highest BCUT2D eigenvalue weighted by atomic mass is 32.2. The second-order valence-corrected chi connectivity index (χ2v) is 9.09. The minimum atomic E-state index is -3.65. The van der Waals surface area contributed by atoms with Crippen molar-refractivity contribution in [2.24, 2.45) is 0 Å². The van der Waals surface area contributed by atoms with Crippen molar-refractivity contribution in [3.8, 4) is 0 Å². The smallest absolute Gasteiger partial charge is 0.255 e. The molecule has 1 N–H and O–H groups in total. The Morgan fingerprint density at radius 3 is 2.24 bits per heavy atom. The highest BCUT2D eigenvalue weighted by molar-refractivity contribution is 7.89. The van der Waals surface area contributed by atoms with Crippen LogP contribution in [0.3, 0.4) is 0 Å². The molecule has 0 aliphatic heterocycles. The molecule has 150 valence electrons. The Labute approximate surface area is 172 Å². The van der Waals surface area contributed by atoms with Crippen LogP contribution in [0.4, 0.5) is 5.69 Å². The largest absolute Gasteiger partial charge is 0.322 e. The van der Waals surface area contributed by atoms with Crippen LogP contribution in [0.15, 0.2) is 77.7 Å². The van der Waals surface area contributed by atoms with Gasteiger partial charge in [0.2, 0.25) is 10.0 Å². The highest BCUT2D eigenvalue weighted by Crippen LogP contribution is 2.20. The molecule has 3 aromatic rings. The summed E-state index contributed by atoms with van der Waals surface area (Å²) in [4.78, 5) is 12.7. The Morgan fingerprint density at radius 2 is 1.59 bits per heavy atom. The van der Waals surface area contributed by atoms with E-state index in [1.165, 1.54) is 28.6 Å². The molecule has 1 amide bonds. The van der Waals surface area contributed by atoms with Crippen LogP contribution >= 0.6 is 0 Å². The predicted molar refractivity (Wildman–Crippen MR) is 115 cm³/mol. The number of hydrogen-bond donors (Lipinski definition) is 1. The maximum absolute atomic E-state index is 12.8. The number of nitrogens with zero attached hydrogens (tertiary/aromatic N) is 1. The molecule has 6 heteroatoms. The fourth-order valence-electron chi connectivity index (χ4n) is 2.95. The van der Waals surface area contributed by atoms with E-state index in [4.69, 9.17) is 0 Å². The molecule has 3 aromatic carbocycles. The first-order valence-electron chi connectivity index (χ1n) is 9.26. The fourth-order valence-corrected chi connectivity index (χ4v) is 4.11. The standard InChI is InChI=1S/C23H24N2O3S/c1-17-9-10-18(2)22(15-17)24-23(26)20-11-13-21(14-12-20)29(27,28)25(3)16-19-7-5-4-6-8-19/h4-15H,16H2,1-3H3,(H,24,26). The number of carbonyl (C=O) groups is 1. The van der Waals surface area contributed by atoms with Crippen molar-refractivity contribution in [1.29, 1.82) is 0 Å². The first-order valence-corrected chi connectivity index (χ1v) is 10.7. The van der Waals surface area contributed by atoms with Crippen LogP contribution in [-0.4, -0.2) is 25.7 Å². The molecule has 0 aromatic heterocycles. The second-order valence-electron chi connectivity index (χ2n) is 7.04. The molecule has 5 nitrogen and oxygen atoms in total. The normalized spacial score (nSPS) is 11.4. The molecule has 0 saturated carbocycles. The third-order valence-electron chi connectivity index (χ3n) is 4.71. The van der Waals surface area contributed by atoms with E-state index < -0.39 is 10.0 Å². The zero-order chi connectivity index (χ0) is 21.0. The molecule has 0 aliphatic rings. The van der Waals surface area contributed by atoms with Gasteiger partial charge in [0, 0.05) is 24.8 Å². The number of amides is 1. The Morgan fingerprint density at radius 1 is 0.931 bits per heavy atom. The van der Waals surface area contributed by atoms with Crippen LogP contribution in [0.5, 0.6) is 0 Å². The summed E-state index contributed by atoms with van der Waals surface area (Å²) >= 11 is 0. The Bertz CT molecular complexity index is 1110. The summed E-state index contributed by atoms with van der Waals surface area (Å²) in [6, 6.07) is 21.2. The molecule has 0 aliphatic carbocycles. The third kappa shape index (κ3) is 4.91. The summed E-state index contributed by atoms with van der Waals surface area (Å²) in [5.41, 5.74) is 4.06. The topological polar surface area (TPSA) is 66.5 Å². The van der Waals surface area contributed by atoms with Crippen LogP contribution in [0.2, 0.25) is 0 Å². The summed E-state index contributed by atoms with van der Waals surface area (Å²) in [6.07, 6.45) is 0. The minimum absolute atomic E-state index is 0.152. The molecule has 0 saturated heterocycles. The van der Waals surface area contributed by atoms with Gasteiger partial charge < -0.3 is 5.32 Å². The van der Waals surface area contributed by atoms with Gasteiger partial charge >= 0.3 is 0 Å². The Hall–Kier alpha value is -2.96. The lowest BCUT2D eigenvalue weighted by atomic mass is 10.1. The van der Waals surface area contributed by atoms with Gasteiger partial charge in [0.15, 0.2) is 0 Å². The third-order valence-corrected chi connectivity index (χ3v) is 6.53. The van der Waals surface area contributed by atoms with Crippen molar-refractivity contribution in [2.75, 3.05) is 12.4 Å². The average Bonchev–Trinajstić information content (AvgIpc) is 2.71. The number of carbonyl (C=O) groups excluding carboxylic acids is 1. The SMILES string of the molecule is Cc1ccc(C)c(NC(=O)c2ccc(S(=O)(=O)N(C)Cc3ccccc3)cc2)c1. The number of hydrogen-bond acceptors (Lipinski definition) is 3. The minimum Gasteiger partial charge on any atom is -0.322 e. The molecular weight excluding hydrogens is 384 g/mol. The monoisotopic (exact) mass is 408 g/mol. The van der Waals surface area contributed by atoms with Crippen LogP contribution in [-0.2, 0) is 16.6 Å². The molecule has 0 heterocycles. The lowest BCUT2D eigenvalue weighted by Gasteiger charge is -2.17. The molecule has 0 fully saturated rings. The molecule has 29 heavy (non-hydrogen) atoms. The summed E-state index contributed by atoms with van der Waals surface area (Å²) in [5, 5.41) is 2.88. The number of anilines is 1. The van der Waals surface area contributed by atoms with Crippen molar-refractivity contribution in [2.45, 2.75) is 25.3 Å². The van der Waals surface area contributed by atoms with Crippen molar-refractivity contribution in [3.05, 3.63) is 95.1 Å². The maximum atomic E-state index is 12.8. The molecule has 0 atom stereocenters. The van der Waals surface area contributed by atoms with Gasteiger partial charge in [-0.3, -0.25) is 4.79 Å². The Balaban J connectivity index is 1.74. The number of aryl methyl sites for hydroxylation is 2. The van der Waals surface area contributed by atoms with E-state index in [0.717, 1.165) is 22.4 Å². The number of benzene rings is 3. The van der Waals surface area contributed by atoms with Gasteiger partial charge in [-0.1, -0.05) is 42.5 Å². The van der Waals surface area contributed by atoms with Gasteiger partial charge in [0.05, 0.1) is 4.90 Å². The molecule has 0 bridgehead atoms. The van der Waals surface area contributed by atoms with Gasteiger partial charge in [-0.2, -0.15) is 4.31 Å². The van der Waals surface area contributed by atoms with E-state index in [2.05, 4.69) is 5.32 Å². The molecule has 3 rings (SSSR count). The molecule has 0 spiro atoms. The van der Waals surface area contributed by atoms with Crippen molar-refractivity contribution >= 4 is 21.6 Å². The first kappa shape index (κ1) is 20.8. The quantitative estimate of drug-likeness (QED) is 0.658. The van der Waals surface area contributed by atoms with Crippen LogP contribution < -0.4 is 5.32 Å². The summed E-state index contributed by atoms with van der Waals surface area (Å²) < 4.78 is 26.9. The van der Waals surface area contributed by atoms with E-state index in [-0.39, 0.29) is 17.3 Å². The summed E-state index contributed by atoms with van der Waals surface area (Å²) in [6.45, 7) is 4.16. The Kier molecular flexibility index (Phi) is 6.15. The zero-order valence-corrected chi connectivity index (χ0v) is 17.5. The fraction of sp³-hybridized carbons (Fsp3) is 0.174. The number of rotatable bonds is 6. The lowest BCUT2D eigenvalue weighted by Crippen LogP contribution is -2.26. The molecule has 0 unspecified atom stereocenters. The van der Waals surface area contributed by atoms with E-state index in [0.29, 0.717) is 5.56 Å². The highest BCUT2D eigenvalue weighted by Gasteiger charge is 2.21.